The molecule has 18 heavy (non-hydrogen) atoms. The van der Waals surface area contributed by atoms with Gasteiger partial charge in [0.15, 0.2) is 0 Å². The van der Waals surface area contributed by atoms with Gasteiger partial charge in [-0.25, -0.2) is 0 Å². The number of fused-ring (bicyclic) bond motifs is 1. The predicted octanol–water partition coefficient (Wildman–Crippen LogP) is 3.05. The first-order valence-corrected chi connectivity index (χ1v) is 7.34. The summed E-state index contributed by atoms with van der Waals surface area (Å²) in [6.07, 6.45) is 5.06. The first-order valence-electron chi connectivity index (χ1n) is 7.34. The van der Waals surface area contributed by atoms with Crippen LogP contribution in [0.25, 0.3) is 0 Å². The molecule has 1 aromatic carbocycles. The average Bonchev–Trinajstić information content (AvgIpc) is 2.39. The SMILES string of the molecule is CC1CCC(N2CCCC(N)C2)c2ccccc21. The van der Waals surface area contributed by atoms with E-state index in [4.69, 9.17) is 5.73 Å². The van der Waals surface area contributed by atoms with E-state index in [0.29, 0.717) is 12.1 Å². The van der Waals surface area contributed by atoms with Crippen LogP contribution < -0.4 is 5.73 Å². The topological polar surface area (TPSA) is 29.3 Å². The van der Waals surface area contributed by atoms with Crippen LogP contribution in [0.2, 0.25) is 0 Å². The van der Waals surface area contributed by atoms with Gasteiger partial charge in [0.05, 0.1) is 0 Å². The molecule has 0 saturated carbocycles. The van der Waals surface area contributed by atoms with Crippen LogP contribution in [0.15, 0.2) is 24.3 Å². The number of rotatable bonds is 1. The highest BCUT2D eigenvalue weighted by atomic mass is 15.2. The van der Waals surface area contributed by atoms with Crippen molar-refractivity contribution in [3.63, 3.8) is 0 Å². The van der Waals surface area contributed by atoms with Gasteiger partial charge in [-0.3, -0.25) is 4.90 Å². The Bertz CT molecular complexity index is 415. The molecule has 98 valence electrons. The molecule has 3 atom stereocenters. The van der Waals surface area contributed by atoms with E-state index in [0.717, 1.165) is 12.5 Å². The van der Waals surface area contributed by atoms with Crippen molar-refractivity contribution in [1.29, 1.82) is 0 Å². The van der Waals surface area contributed by atoms with E-state index in [-0.39, 0.29) is 0 Å². The van der Waals surface area contributed by atoms with Crippen LogP contribution >= 0.6 is 0 Å². The fraction of sp³-hybridized carbons (Fsp3) is 0.625. The van der Waals surface area contributed by atoms with Crippen molar-refractivity contribution in [3.8, 4) is 0 Å². The highest BCUT2D eigenvalue weighted by Crippen LogP contribution is 2.40. The van der Waals surface area contributed by atoms with Gasteiger partial charge in [-0.05, 0) is 49.3 Å². The Morgan fingerprint density at radius 1 is 1.11 bits per heavy atom. The minimum Gasteiger partial charge on any atom is -0.327 e. The van der Waals surface area contributed by atoms with E-state index in [1.807, 2.05) is 0 Å². The van der Waals surface area contributed by atoms with E-state index in [2.05, 4.69) is 36.1 Å². The Hall–Kier alpha value is -0.860. The normalized spacial score (nSPS) is 33.1. The van der Waals surface area contributed by atoms with Gasteiger partial charge in [-0.1, -0.05) is 31.2 Å². The number of likely N-dealkylation sites (tertiary alicyclic amines) is 1. The number of hydrogen-bond acceptors (Lipinski definition) is 2. The smallest absolute Gasteiger partial charge is 0.0351 e. The van der Waals surface area contributed by atoms with Crippen LogP contribution in [0.4, 0.5) is 0 Å². The summed E-state index contributed by atoms with van der Waals surface area (Å²) in [4.78, 5) is 2.62. The third-order valence-electron chi connectivity index (χ3n) is 4.69. The molecule has 2 aliphatic rings. The van der Waals surface area contributed by atoms with Gasteiger partial charge in [0.2, 0.25) is 0 Å². The van der Waals surface area contributed by atoms with Gasteiger partial charge in [-0.15, -0.1) is 0 Å². The van der Waals surface area contributed by atoms with Crippen molar-refractivity contribution in [3.05, 3.63) is 35.4 Å². The van der Waals surface area contributed by atoms with Gasteiger partial charge >= 0.3 is 0 Å². The Morgan fingerprint density at radius 2 is 1.89 bits per heavy atom. The standard InChI is InChI=1S/C16H24N2/c1-12-8-9-16(15-7-3-2-6-14(12)15)18-10-4-5-13(17)11-18/h2-3,6-7,12-13,16H,4-5,8-11,17H2,1H3. The van der Waals surface area contributed by atoms with Crippen molar-refractivity contribution < 1.29 is 0 Å². The largest absolute Gasteiger partial charge is 0.327 e. The Balaban J connectivity index is 1.87. The molecule has 1 fully saturated rings. The van der Waals surface area contributed by atoms with E-state index in [1.165, 1.54) is 32.2 Å². The maximum absolute atomic E-state index is 6.14. The Labute approximate surface area is 110 Å². The third kappa shape index (κ3) is 2.19. The van der Waals surface area contributed by atoms with E-state index in [1.54, 1.807) is 11.1 Å². The van der Waals surface area contributed by atoms with Crippen LogP contribution in [-0.4, -0.2) is 24.0 Å². The lowest BCUT2D eigenvalue weighted by atomic mass is 9.80. The number of nitrogens with two attached hydrogens (primary N) is 1. The van der Waals surface area contributed by atoms with E-state index >= 15 is 0 Å². The molecule has 0 aromatic heterocycles. The van der Waals surface area contributed by atoms with Crippen molar-refractivity contribution >= 4 is 0 Å². The summed E-state index contributed by atoms with van der Waals surface area (Å²) in [5.41, 5.74) is 9.26. The van der Waals surface area contributed by atoms with Crippen LogP contribution in [0, 0.1) is 0 Å². The highest BCUT2D eigenvalue weighted by molar-refractivity contribution is 5.35. The summed E-state index contributed by atoms with van der Waals surface area (Å²) in [7, 11) is 0. The molecule has 1 heterocycles. The predicted molar refractivity (Wildman–Crippen MR) is 75.6 cm³/mol. The molecule has 1 aliphatic heterocycles. The molecule has 1 saturated heterocycles. The molecule has 3 rings (SSSR count). The molecule has 1 aromatic rings. The van der Waals surface area contributed by atoms with Crippen LogP contribution in [-0.2, 0) is 0 Å². The number of piperidine rings is 1. The Kier molecular flexibility index (Phi) is 3.40. The second-order valence-electron chi connectivity index (χ2n) is 6.02. The van der Waals surface area contributed by atoms with E-state index in [9.17, 15) is 0 Å². The second-order valence-corrected chi connectivity index (χ2v) is 6.02. The molecule has 1 aliphatic carbocycles. The molecule has 3 unspecified atom stereocenters. The number of nitrogens with zero attached hydrogens (tertiary/aromatic N) is 1. The number of hydrogen-bond donors (Lipinski definition) is 1. The van der Waals surface area contributed by atoms with Gasteiger partial charge in [0.25, 0.3) is 0 Å². The van der Waals surface area contributed by atoms with Crippen molar-refractivity contribution in [1.82, 2.24) is 4.90 Å². The molecule has 2 N–H and O–H groups in total. The van der Waals surface area contributed by atoms with Crippen LogP contribution in [0.1, 0.15) is 55.7 Å². The zero-order valence-electron chi connectivity index (χ0n) is 11.3. The Morgan fingerprint density at radius 3 is 2.67 bits per heavy atom. The summed E-state index contributed by atoms with van der Waals surface area (Å²) in [5.74, 6) is 0.718. The fourth-order valence-corrected chi connectivity index (χ4v) is 3.68. The minimum absolute atomic E-state index is 0.380. The molecule has 0 spiro atoms. The van der Waals surface area contributed by atoms with Crippen molar-refractivity contribution in [2.24, 2.45) is 5.73 Å². The summed E-state index contributed by atoms with van der Waals surface area (Å²) >= 11 is 0. The molecule has 0 bridgehead atoms. The maximum atomic E-state index is 6.14. The third-order valence-corrected chi connectivity index (χ3v) is 4.69. The zero-order valence-corrected chi connectivity index (χ0v) is 11.3. The van der Waals surface area contributed by atoms with Gasteiger partial charge in [0, 0.05) is 18.6 Å². The molecule has 2 nitrogen and oxygen atoms in total. The maximum Gasteiger partial charge on any atom is 0.0351 e. The lowest BCUT2D eigenvalue weighted by Crippen LogP contribution is -2.45. The zero-order chi connectivity index (χ0) is 12.5. The van der Waals surface area contributed by atoms with Gasteiger partial charge < -0.3 is 5.73 Å². The molecular weight excluding hydrogens is 220 g/mol. The lowest BCUT2D eigenvalue weighted by Gasteiger charge is -2.41. The van der Waals surface area contributed by atoms with Gasteiger partial charge in [-0.2, -0.15) is 0 Å². The summed E-state index contributed by atoms with van der Waals surface area (Å²) in [6, 6.07) is 10.0. The fourth-order valence-electron chi connectivity index (χ4n) is 3.68. The van der Waals surface area contributed by atoms with E-state index < -0.39 is 0 Å². The monoisotopic (exact) mass is 244 g/mol. The first kappa shape index (κ1) is 12.2. The highest BCUT2D eigenvalue weighted by Gasteiger charge is 2.30. The average molecular weight is 244 g/mol. The van der Waals surface area contributed by atoms with Crippen molar-refractivity contribution in [2.75, 3.05) is 13.1 Å². The molecular formula is C16H24N2. The molecule has 0 amide bonds. The first-order chi connectivity index (χ1) is 8.75. The number of benzene rings is 1. The lowest BCUT2D eigenvalue weighted by molar-refractivity contribution is 0.133. The summed E-state index contributed by atoms with van der Waals surface area (Å²) < 4.78 is 0. The van der Waals surface area contributed by atoms with Gasteiger partial charge in [0.1, 0.15) is 0 Å². The van der Waals surface area contributed by atoms with Crippen molar-refractivity contribution in [2.45, 2.75) is 50.6 Å². The molecule has 2 heteroatoms. The van der Waals surface area contributed by atoms with Crippen LogP contribution in [0.3, 0.4) is 0 Å². The minimum atomic E-state index is 0.380. The quantitative estimate of drug-likeness (QED) is 0.822. The summed E-state index contributed by atoms with van der Waals surface area (Å²) in [6.45, 7) is 4.66. The van der Waals surface area contributed by atoms with Crippen LogP contribution in [0.5, 0.6) is 0 Å². The molecule has 0 radical (unpaired) electrons. The second kappa shape index (κ2) is 5.02. The summed E-state index contributed by atoms with van der Waals surface area (Å²) in [5, 5.41) is 0.